The van der Waals surface area contributed by atoms with Crippen molar-refractivity contribution in [2.75, 3.05) is 6.54 Å². The Hall–Kier alpha value is -2.36. The predicted octanol–water partition coefficient (Wildman–Crippen LogP) is 3.79. The minimum absolute atomic E-state index is 0.0717. The van der Waals surface area contributed by atoms with Gasteiger partial charge in [0.2, 0.25) is 5.88 Å². The SMILES string of the molecule is CCCCCNC(=O)c1cccc(Oc2ccccn2)c1. The molecule has 1 amide bonds. The van der Waals surface area contributed by atoms with Crippen molar-refractivity contribution < 1.29 is 9.53 Å². The summed E-state index contributed by atoms with van der Waals surface area (Å²) in [7, 11) is 0. The minimum Gasteiger partial charge on any atom is -0.439 e. The highest BCUT2D eigenvalue weighted by atomic mass is 16.5. The van der Waals surface area contributed by atoms with Gasteiger partial charge in [0, 0.05) is 24.4 Å². The number of unbranched alkanes of at least 4 members (excludes halogenated alkanes) is 2. The van der Waals surface area contributed by atoms with E-state index in [-0.39, 0.29) is 5.91 Å². The van der Waals surface area contributed by atoms with E-state index in [9.17, 15) is 4.79 Å². The molecule has 1 N–H and O–H groups in total. The summed E-state index contributed by atoms with van der Waals surface area (Å²) >= 11 is 0. The molecule has 21 heavy (non-hydrogen) atoms. The zero-order valence-corrected chi connectivity index (χ0v) is 12.2. The van der Waals surface area contributed by atoms with E-state index in [1.807, 2.05) is 18.2 Å². The van der Waals surface area contributed by atoms with Crippen molar-refractivity contribution in [3.63, 3.8) is 0 Å². The highest BCUT2D eigenvalue weighted by molar-refractivity contribution is 5.94. The molecular formula is C17H20N2O2. The lowest BCUT2D eigenvalue weighted by molar-refractivity contribution is 0.0952. The fourth-order valence-electron chi connectivity index (χ4n) is 1.91. The summed E-state index contributed by atoms with van der Waals surface area (Å²) < 4.78 is 5.62. The van der Waals surface area contributed by atoms with Crippen molar-refractivity contribution in [3.8, 4) is 11.6 Å². The van der Waals surface area contributed by atoms with Crippen LogP contribution in [0.2, 0.25) is 0 Å². The van der Waals surface area contributed by atoms with Crippen LogP contribution in [0, 0.1) is 0 Å². The third-order valence-corrected chi connectivity index (χ3v) is 3.02. The molecule has 0 aliphatic heterocycles. The molecule has 0 spiro atoms. The van der Waals surface area contributed by atoms with Gasteiger partial charge in [-0.1, -0.05) is 31.9 Å². The Labute approximate surface area is 125 Å². The third kappa shape index (κ3) is 4.91. The fraction of sp³-hybridized carbons (Fsp3) is 0.294. The van der Waals surface area contributed by atoms with Gasteiger partial charge in [-0.05, 0) is 30.7 Å². The van der Waals surface area contributed by atoms with E-state index in [0.29, 0.717) is 23.7 Å². The molecule has 1 aromatic carbocycles. The highest BCUT2D eigenvalue weighted by Gasteiger charge is 2.06. The van der Waals surface area contributed by atoms with Gasteiger partial charge in [0.15, 0.2) is 0 Å². The normalized spacial score (nSPS) is 10.1. The number of aromatic nitrogens is 1. The van der Waals surface area contributed by atoms with E-state index in [0.717, 1.165) is 19.3 Å². The largest absolute Gasteiger partial charge is 0.439 e. The lowest BCUT2D eigenvalue weighted by atomic mass is 10.2. The van der Waals surface area contributed by atoms with E-state index in [4.69, 9.17) is 4.74 Å². The number of nitrogens with zero attached hydrogens (tertiary/aromatic N) is 1. The van der Waals surface area contributed by atoms with Gasteiger partial charge in [-0.25, -0.2) is 4.98 Å². The van der Waals surface area contributed by atoms with Crippen molar-refractivity contribution in [2.45, 2.75) is 26.2 Å². The van der Waals surface area contributed by atoms with Crippen LogP contribution >= 0.6 is 0 Å². The average Bonchev–Trinajstić information content (AvgIpc) is 2.53. The zero-order chi connectivity index (χ0) is 14.9. The number of benzene rings is 1. The summed E-state index contributed by atoms with van der Waals surface area (Å²) in [6.45, 7) is 2.85. The summed E-state index contributed by atoms with van der Waals surface area (Å²) in [6.07, 6.45) is 4.94. The molecule has 1 aromatic heterocycles. The average molecular weight is 284 g/mol. The van der Waals surface area contributed by atoms with Crippen molar-refractivity contribution in [1.29, 1.82) is 0 Å². The van der Waals surface area contributed by atoms with Crippen molar-refractivity contribution in [1.82, 2.24) is 10.3 Å². The summed E-state index contributed by atoms with van der Waals surface area (Å²) in [5, 5.41) is 2.91. The third-order valence-electron chi connectivity index (χ3n) is 3.02. The molecule has 0 saturated carbocycles. The lowest BCUT2D eigenvalue weighted by Crippen LogP contribution is -2.24. The van der Waals surface area contributed by atoms with E-state index in [1.165, 1.54) is 0 Å². The number of rotatable bonds is 7. The Bertz CT molecular complexity index is 570. The van der Waals surface area contributed by atoms with Gasteiger partial charge in [0.05, 0.1) is 0 Å². The first kappa shape index (κ1) is 15.0. The molecule has 2 rings (SSSR count). The van der Waals surface area contributed by atoms with Gasteiger partial charge in [-0.15, -0.1) is 0 Å². The van der Waals surface area contributed by atoms with Crippen LogP contribution in [-0.4, -0.2) is 17.4 Å². The standard InChI is InChI=1S/C17H20N2O2/c1-2-3-5-12-19-17(20)14-8-7-9-15(13-14)21-16-10-4-6-11-18-16/h4,6-11,13H,2-3,5,12H2,1H3,(H,19,20). The van der Waals surface area contributed by atoms with E-state index in [1.54, 1.807) is 30.5 Å². The zero-order valence-electron chi connectivity index (χ0n) is 12.2. The van der Waals surface area contributed by atoms with Crippen LogP contribution in [0.25, 0.3) is 0 Å². The Morgan fingerprint density at radius 2 is 2.10 bits per heavy atom. The first-order valence-electron chi connectivity index (χ1n) is 7.26. The van der Waals surface area contributed by atoms with Crippen LogP contribution in [0.3, 0.4) is 0 Å². The van der Waals surface area contributed by atoms with Gasteiger partial charge >= 0.3 is 0 Å². The van der Waals surface area contributed by atoms with Gasteiger partial charge < -0.3 is 10.1 Å². The summed E-state index contributed by atoms with van der Waals surface area (Å²) in [5.74, 6) is 1.05. The molecule has 0 fully saturated rings. The van der Waals surface area contributed by atoms with E-state index >= 15 is 0 Å². The maximum Gasteiger partial charge on any atom is 0.251 e. The smallest absolute Gasteiger partial charge is 0.251 e. The number of pyridine rings is 1. The van der Waals surface area contributed by atoms with Gasteiger partial charge in [-0.3, -0.25) is 4.79 Å². The summed E-state index contributed by atoms with van der Waals surface area (Å²) in [5.41, 5.74) is 0.597. The Kier molecular flexibility index (Phi) is 5.76. The Morgan fingerprint density at radius 3 is 2.86 bits per heavy atom. The molecular weight excluding hydrogens is 264 g/mol. The van der Waals surface area contributed by atoms with Crippen LogP contribution < -0.4 is 10.1 Å². The Morgan fingerprint density at radius 1 is 1.19 bits per heavy atom. The molecule has 0 saturated heterocycles. The highest BCUT2D eigenvalue weighted by Crippen LogP contribution is 2.19. The number of hydrogen-bond donors (Lipinski definition) is 1. The van der Waals surface area contributed by atoms with Crippen molar-refractivity contribution in [2.24, 2.45) is 0 Å². The molecule has 0 aliphatic carbocycles. The van der Waals surface area contributed by atoms with Crippen LogP contribution in [0.15, 0.2) is 48.7 Å². The van der Waals surface area contributed by atoms with Crippen molar-refractivity contribution in [3.05, 3.63) is 54.2 Å². The number of amides is 1. The first-order valence-corrected chi connectivity index (χ1v) is 7.26. The van der Waals surface area contributed by atoms with Crippen LogP contribution in [-0.2, 0) is 0 Å². The van der Waals surface area contributed by atoms with Crippen LogP contribution in [0.5, 0.6) is 11.6 Å². The number of carbonyl (C=O) groups excluding carboxylic acids is 1. The summed E-state index contributed by atoms with van der Waals surface area (Å²) in [4.78, 5) is 16.1. The maximum atomic E-state index is 12.0. The molecule has 2 aromatic rings. The lowest BCUT2D eigenvalue weighted by Gasteiger charge is -2.07. The summed E-state index contributed by atoms with van der Waals surface area (Å²) in [6, 6.07) is 12.6. The molecule has 0 radical (unpaired) electrons. The van der Waals surface area contributed by atoms with Crippen LogP contribution in [0.4, 0.5) is 0 Å². The molecule has 0 atom stereocenters. The van der Waals surface area contributed by atoms with E-state index < -0.39 is 0 Å². The quantitative estimate of drug-likeness (QED) is 0.787. The minimum atomic E-state index is -0.0717. The second-order valence-corrected chi connectivity index (χ2v) is 4.76. The maximum absolute atomic E-state index is 12.0. The molecule has 110 valence electrons. The molecule has 0 unspecified atom stereocenters. The Balaban J connectivity index is 1.95. The van der Waals surface area contributed by atoms with Gasteiger partial charge in [0.25, 0.3) is 5.91 Å². The second kappa shape index (κ2) is 8.04. The van der Waals surface area contributed by atoms with E-state index in [2.05, 4.69) is 17.2 Å². The molecule has 4 nitrogen and oxygen atoms in total. The number of nitrogens with one attached hydrogen (secondary N) is 1. The second-order valence-electron chi connectivity index (χ2n) is 4.76. The van der Waals surface area contributed by atoms with Gasteiger partial charge in [0.1, 0.15) is 5.75 Å². The van der Waals surface area contributed by atoms with Crippen LogP contribution in [0.1, 0.15) is 36.5 Å². The monoisotopic (exact) mass is 284 g/mol. The number of ether oxygens (including phenoxy) is 1. The number of hydrogen-bond acceptors (Lipinski definition) is 3. The molecule has 0 aliphatic rings. The fourth-order valence-corrected chi connectivity index (χ4v) is 1.91. The number of carbonyl (C=O) groups is 1. The predicted molar refractivity (Wildman–Crippen MR) is 82.6 cm³/mol. The molecule has 1 heterocycles. The first-order chi connectivity index (χ1) is 10.3. The molecule has 0 bridgehead atoms. The molecule has 4 heteroatoms. The topological polar surface area (TPSA) is 51.2 Å². The van der Waals surface area contributed by atoms with Gasteiger partial charge in [-0.2, -0.15) is 0 Å². The van der Waals surface area contributed by atoms with Crippen molar-refractivity contribution >= 4 is 5.91 Å².